The minimum absolute atomic E-state index is 0.100. The lowest BCUT2D eigenvalue weighted by atomic mass is 10.0. The van der Waals surface area contributed by atoms with E-state index in [9.17, 15) is 13.2 Å². The lowest BCUT2D eigenvalue weighted by Gasteiger charge is -2.28. The Morgan fingerprint density at radius 1 is 0.976 bits per heavy atom. The van der Waals surface area contributed by atoms with Crippen LogP contribution in [0.25, 0.3) is 33.4 Å². The summed E-state index contributed by atoms with van der Waals surface area (Å²) in [5.41, 5.74) is 3.69. The number of hydrogen-bond acceptors (Lipinski definition) is 8. The molecule has 1 aliphatic rings. The van der Waals surface area contributed by atoms with E-state index in [4.69, 9.17) is 4.74 Å². The lowest BCUT2D eigenvalue weighted by molar-refractivity contribution is -0.0528. The predicted octanol–water partition coefficient (Wildman–Crippen LogP) is 6.52. The first-order valence-electron chi connectivity index (χ1n) is 13.1. The number of nitrogens with zero attached hydrogens (tertiary/aromatic N) is 5. The molecule has 0 unspecified atom stereocenters. The van der Waals surface area contributed by atoms with Gasteiger partial charge in [-0.15, -0.1) is 0 Å². The van der Waals surface area contributed by atoms with Crippen LogP contribution in [-0.4, -0.2) is 52.9 Å². The first-order valence-corrected chi connectivity index (χ1v) is 13.1. The summed E-state index contributed by atoms with van der Waals surface area (Å²) >= 11 is 0. The highest BCUT2D eigenvalue weighted by molar-refractivity contribution is 5.99. The van der Waals surface area contributed by atoms with E-state index in [0.717, 1.165) is 6.07 Å². The number of anilines is 3. The number of halogens is 4. The molecule has 1 fully saturated rings. The van der Waals surface area contributed by atoms with Crippen molar-refractivity contribution in [2.45, 2.75) is 13.5 Å². The molecular formula is C30H24F4N6O2. The molecule has 1 aliphatic heterocycles. The number of ether oxygens (including phenoxy) is 2. The third-order valence-electron chi connectivity index (χ3n) is 6.90. The molecule has 5 aromatic rings. The number of hydrogen-bond donors (Lipinski definition) is 1. The fourth-order valence-corrected chi connectivity index (χ4v) is 4.89. The number of pyridine rings is 4. The smallest absolute Gasteiger partial charge is 0.388 e. The van der Waals surface area contributed by atoms with E-state index >= 15 is 4.39 Å². The zero-order valence-electron chi connectivity index (χ0n) is 22.3. The first kappa shape index (κ1) is 27.3. The van der Waals surface area contributed by atoms with E-state index in [1.165, 1.54) is 18.3 Å². The lowest BCUT2D eigenvalue weighted by Crippen LogP contribution is -2.36. The fourth-order valence-electron chi connectivity index (χ4n) is 4.89. The maximum absolute atomic E-state index is 15.4. The summed E-state index contributed by atoms with van der Waals surface area (Å²) in [4.78, 5) is 19.7. The Morgan fingerprint density at radius 2 is 1.81 bits per heavy atom. The summed E-state index contributed by atoms with van der Waals surface area (Å²) in [5, 5.41) is 3.47. The zero-order valence-corrected chi connectivity index (χ0v) is 22.3. The van der Waals surface area contributed by atoms with Crippen molar-refractivity contribution >= 4 is 28.1 Å². The molecule has 42 heavy (non-hydrogen) atoms. The predicted molar refractivity (Wildman–Crippen MR) is 150 cm³/mol. The molecule has 0 radical (unpaired) electrons. The number of rotatable bonds is 7. The standard InChI is InChI=1S/C30H24F4N6O2/c1-17-28(22-4-2-3-7-35-22)39-24-13-19(31)12-21(32)27(24)29(17)38-23-14-25(40-8-10-41-11-9-40)36-16-20(23)18-5-6-26(37-15-18)42-30(33)34/h2-7,12-16,30H,8-11H2,1H3,(H,36,38,39). The van der Waals surface area contributed by atoms with E-state index in [1.807, 2.05) is 6.07 Å². The van der Waals surface area contributed by atoms with Gasteiger partial charge in [-0.25, -0.2) is 23.7 Å². The van der Waals surface area contributed by atoms with Gasteiger partial charge in [-0.05, 0) is 25.1 Å². The number of fused-ring (bicyclic) bond motifs is 1. The van der Waals surface area contributed by atoms with Crippen LogP contribution in [0.4, 0.5) is 34.8 Å². The van der Waals surface area contributed by atoms with Crippen LogP contribution < -0.4 is 15.0 Å². The van der Waals surface area contributed by atoms with Gasteiger partial charge in [0.1, 0.15) is 17.5 Å². The minimum atomic E-state index is -3.01. The second-order valence-corrected chi connectivity index (χ2v) is 9.53. The van der Waals surface area contributed by atoms with Crippen molar-refractivity contribution in [3.63, 3.8) is 0 Å². The van der Waals surface area contributed by atoms with Crippen LogP contribution >= 0.6 is 0 Å². The fraction of sp³-hybridized carbons (Fsp3) is 0.200. The second-order valence-electron chi connectivity index (χ2n) is 9.53. The van der Waals surface area contributed by atoms with Crippen LogP contribution in [0.5, 0.6) is 5.88 Å². The molecule has 0 aliphatic carbocycles. The van der Waals surface area contributed by atoms with Crippen molar-refractivity contribution in [1.82, 2.24) is 19.9 Å². The number of benzene rings is 1. The van der Waals surface area contributed by atoms with Crippen LogP contribution in [0.3, 0.4) is 0 Å². The van der Waals surface area contributed by atoms with Gasteiger partial charge in [-0.2, -0.15) is 8.78 Å². The normalized spacial score (nSPS) is 13.5. The van der Waals surface area contributed by atoms with Gasteiger partial charge < -0.3 is 19.7 Å². The highest BCUT2D eigenvalue weighted by Gasteiger charge is 2.21. The second kappa shape index (κ2) is 11.6. The molecule has 0 saturated carbocycles. The summed E-state index contributed by atoms with van der Waals surface area (Å²) < 4.78 is 65.0. The van der Waals surface area contributed by atoms with E-state index < -0.39 is 18.2 Å². The van der Waals surface area contributed by atoms with Gasteiger partial charge in [0.15, 0.2) is 0 Å². The summed E-state index contributed by atoms with van der Waals surface area (Å²) in [6.45, 7) is 1.11. The highest BCUT2D eigenvalue weighted by atomic mass is 19.3. The summed E-state index contributed by atoms with van der Waals surface area (Å²) in [6, 6.07) is 12.0. The summed E-state index contributed by atoms with van der Waals surface area (Å²) in [5.74, 6) is -1.12. The topological polar surface area (TPSA) is 85.3 Å². The molecule has 6 rings (SSSR count). The van der Waals surface area contributed by atoms with Crippen LogP contribution in [0.1, 0.15) is 5.56 Å². The molecule has 1 saturated heterocycles. The Balaban J connectivity index is 1.52. The molecule has 0 spiro atoms. The SMILES string of the molecule is Cc1c(-c2ccccn2)nc2cc(F)cc(F)c2c1Nc1cc(N2CCOCC2)ncc1-c1ccc(OC(F)F)nc1. The van der Waals surface area contributed by atoms with Crippen LogP contribution in [-0.2, 0) is 4.74 Å². The maximum Gasteiger partial charge on any atom is 0.388 e. The Bertz CT molecular complexity index is 1730. The van der Waals surface area contributed by atoms with E-state index in [2.05, 4.69) is 34.9 Å². The summed E-state index contributed by atoms with van der Waals surface area (Å²) in [7, 11) is 0. The summed E-state index contributed by atoms with van der Waals surface area (Å²) in [6.07, 6.45) is 4.64. The van der Waals surface area contributed by atoms with E-state index in [1.54, 1.807) is 43.6 Å². The van der Waals surface area contributed by atoms with Crippen molar-refractivity contribution < 1.29 is 27.0 Å². The van der Waals surface area contributed by atoms with Crippen LogP contribution in [0.15, 0.2) is 67.1 Å². The zero-order chi connectivity index (χ0) is 29.2. The third-order valence-corrected chi connectivity index (χ3v) is 6.90. The maximum atomic E-state index is 15.4. The largest absolute Gasteiger partial charge is 0.417 e. The quantitative estimate of drug-likeness (QED) is 0.219. The van der Waals surface area contributed by atoms with Crippen LogP contribution in [0, 0.1) is 18.6 Å². The molecule has 12 heteroatoms. The Morgan fingerprint density at radius 3 is 2.52 bits per heavy atom. The highest BCUT2D eigenvalue weighted by Crippen LogP contribution is 2.39. The molecule has 0 bridgehead atoms. The molecule has 0 atom stereocenters. The number of morpholine rings is 1. The van der Waals surface area contributed by atoms with E-state index in [-0.39, 0.29) is 16.8 Å². The Hall–Kier alpha value is -4.84. The van der Waals surface area contributed by atoms with E-state index in [0.29, 0.717) is 71.6 Å². The third kappa shape index (κ3) is 5.53. The van der Waals surface area contributed by atoms with Gasteiger partial charge in [0.25, 0.3) is 0 Å². The number of aromatic nitrogens is 4. The van der Waals surface area contributed by atoms with Crippen LogP contribution in [0.2, 0.25) is 0 Å². The Kier molecular flexibility index (Phi) is 7.53. The Labute approximate surface area is 238 Å². The molecule has 4 aromatic heterocycles. The van der Waals surface area contributed by atoms with Gasteiger partial charge >= 0.3 is 6.61 Å². The molecule has 8 nitrogen and oxygen atoms in total. The van der Waals surface area contributed by atoms with Crippen molar-refractivity contribution in [2.24, 2.45) is 0 Å². The van der Waals surface area contributed by atoms with Gasteiger partial charge in [0, 0.05) is 72.6 Å². The number of nitrogens with one attached hydrogen (secondary N) is 1. The minimum Gasteiger partial charge on any atom is -0.417 e. The van der Waals surface area contributed by atoms with Gasteiger partial charge in [-0.3, -0.25) is 4.98 Å². The molecule has 1 aromatic carbocycles. The van der Waals surface area contributed by atoms with Crippen molar-refractivity contribution in [2.75, 3.05) is 36.5 Å². The van der Waals surface area contributed by atoms with Gasteiger partial charge in [0.05, 0.1) is 46.9 Å². The van der Waals surface area contributed by atoms with Crippen molar-refractivity contribution in [3.05, 3.63) is 84.3 Å². The van der Waals surface area contributed by atoms with Gasteiger partial charge in [-0.1, -0.05) is 6.07 Å². The molecule has 5 heterocycles. The number of alkyl halides is 2. The molecule has 214 valence electrons. The molecule has 1 N–H and O–H groups in total. The molecular weight excluding hydrogens is 552 g/mol. The molecule has 0 amide bonds. The monoisotopic (exact) mass is 576 g/mol. The first-order chi connectivity index (χ1) is 20.4. The van der Waals surface area contributed by atoms with Crippen molar-refractivity contribution in [3.8, 4) is 28.4 Å². The average Bonchev–Trinajstić information content (AvgIpc) is 2.99. The van der Waals surface area contributed by atoms with Gasteiger partial charge in [0.2, 0.25) is 5.88 Å². The average molecular weight is 577 g/mol. The van der Waals surface area contributed by atoms with Crippen molar-refractivity contribution in [1.29, 1.82) is 0 Å².